The van der Waals surface area contributed by atoms with Gasteiger partial charge in [0, 0.05) is 54.4 Å². The topological polar surface area (TPSA) is 60.6 Å². The van der Waals surface area contributed by atoms with E-state index in [-0.39, 0.29) is 6.04 Å². The molecule has 152 valence electrons. The third-order valence-electron chi connectivity index (χ3n) is 5.16. The first kappa shape index (κ1) is 20.9. The van der Waals surface area contributed by atoms with E-state index in [0.717, 1.165) is 39.6 Å². The van der Waals surface area contributed by atoms with E-state index in [4.69, 9.17) is 11.6 Å². The van der Waals surface area contributed by atoms with Gasteiger partial charge in [0.05, 0.1) is 5.69 Å². The number of hydrogen-bond donors (Lipinski definition) is 1. The highest BCUT2D eigenvalue weighted by atomic mass is 35.5. The Morgan fingerprint density at radius 1 is 1.31 bits per heavy atom. The van der Waals surface area contributed by atoms with Gasteiger partial charge in [0.1, 0.15) is 0 Å². The van der Waals surface area contributed by atoms with E-state index in [2.05, 4.69) is 57.5 Å². The average Bonchev–Trinajstić information content (AvgIpc) is 3.16. The number of aryl methyl sites for hydroxylation is 2. The van der Waals surface area contributed by atoms with Crippen LogP contribution < -0.4 is 5.32 Å². The molecule has 6 nitrogen and oxygen atoms in total. The molecule has 0 spiro atoms. The zero-order chi connectivity index (χ0) is 21.1. The fourth-order valence-electron chi connectivity index (χ4n) is 3.21. The molecule has 0 saturated heterocycles. The van der Waals surface area contributed by atoms with Crippen LogP contribution in [-0.2, 0) is 12.9 Å². The van der Waals surface area contributed by atoms with Crippen molar-refractivity contribution in [2.75, 3.05) is 5.32 Å². The molecule has 1 unspecified atom stereocenters. The first-order valence-electron chi connectivity index (χ1n) is 9.53. The molecule has 3 aromatic heterocycles. The van der Waals surface area contributed by atoms with Crippen molar-refractivity contribution in [2.45, 2.75) is 39.6 Å². The molecule has 0 aliphatic carbocycles. The van der Waals surface area contributed by atoms with E-state index < -0.39 is 0 Å². The van der Waals surface area contributed by atoms with Gasteiger partial charge in [-0.3, -0.25) is 0 Å². The summed E-state index contributed by atoms with van der Waals surface area (Å²) in [5.74, 6) is 1.75. The van der Waals surface area contributed by atoms with Gasteiger partial charge in [-0.15, -0.1) is 11.6 Å². The summed E-state index contributed by atoms with van der Waals surface area (Å²) in [5.41, 5.74) is 6.54. The molecule has 1 atom stereocenters. The molecule has 7 heteroatoms. The molecule has 0 fully saturated rings. The van der Waals surface area contributed by atoms with E-state index in [1.807, 2.05) is 39.2 Å². The van der Waals surface area contributed by atoms with Gasteiger partial charge in [0.2, 0.25) is 5.95 Å². The second kappa shape index (κ2) is 8.66. The molecule has 0 aliphatic rings. The lowest BCUT2D eigenvalue weighted by atomic mass is 10.1. The Labute approximate surface area is 176 Å². The predicted molar refractivity (Wildman–Crippen MR) is 121 cm³/mol. The number of alkyl halides is 1. The van der Waals surface area contributed by atoms with Crippen LogP contribution in [-0.4, -0.2) is 30.4 Å². The van der Waals surface area contributed by atoms with E-state index >= 15 is 0 Å². The van der Waals surface area contributed by atoms with Gasteiger partial charge in [-0.25, -0.2) is 9.67 Å². The first-order valence-corrected chi connectivity index (χ1v) is 10.1. The molecule has 29 heavy (non-hydrogen) atoms. The predicted octanol–water partition coefficient (Wildman–Crippen LogP) is 4.82. The molecular weight excluding hydrogens is 384 g/mol. The summed E-state index contributed by atoms with van der Waals surface area (Å²) in [4.78, 5) is 8.92. The van der Waals surface area contributed by atoms with Crippen molar-refractivity contribution >= 4 is 29.7 Å². The summed E-state index contributed by atoms with van der Waals surface area (Å²) in [6, 6.07) is 1.87. The zero-order valence-electron chi connectivity index (χ0n) is 17.6. The molecule has 0 saturated carbocycles. The van der Waals surface area contributed by atoms with Gasteiger partial charge >= 0.3 is 0 Å². The van der Waals surface area contributed by atoms with E-state index in [0.29, 0.717) is 11.8 Å². The summed E-state index contributed by atoms with van der Waals surface area (Å²) in [7, 11) is 2.04. The maximum absolute atomic E-state index is 6.13. The third-order valence-corrected chi connectivity index (χ3v) is 5.43. The molecule has 0 aromatic carbocycles. The van der Waals surface area contributed by atoms with Gasteiger partial charge < -0.3 is 9.88 Å². The number of anilines is 1. The van der Waals surface area contributed by atoms with Crippen LogP contribution in [0, 0.1) is 20.8 Å². The lowest BCUT2D eigenvalue weighted by molar-refractivity contribution is 0.822. The minimum atomic E-state index is 0.0265. The van der Waals surface area contributed by atoms with Crippen molar-refractivity contribution < 1.29 is 0 Å². The van der Waals surface area contributed by atoms with Crippen molar-refractivity contribution in [1.29, 1.82) is 0 Å². The molecule has 0 bridgehead atoms. The quantitative estimate of drug-likeness (QED) is 0.567. The SMILES string of the molecule is C=Cc1c(CCl)c(C)n(C)c1/C=C\C(C)Nc1nccc(-n2cc(C)c(C)n2)n1. The van der Waals surface area contributed by atoms with E-state index in [1.54, 1.807) is 10.9 Å². The van der Waals surface area contributed by atoms with E-state index in [1.165, 1.54) is 0 Å². The van der Waals surface area contributed by atoms with Crippen LogP contribution in [0.1, 0.15) is 40.7 Å². The van der Waals surface area contributed by atoms with Crippen molar-refractivity contribution in [1.82, 2.24) is 24.3 Å². The molecule has 0 amide bonds. The summed E-state index contributed by atoms with van der Waals surface area (Å²) in [5, 5.41) is 7.81. The fourth-order valence-corrected chi connectivity index (χ4v) is 3.55. The highest BCUT2D eigenvalue weighted by Crippen LogP contribution is 2.26. The smallest absolute Gasteiger partial charge is 0.225 e. The van der Waals surface area contributed by atoms with Crippen molar-refractivity contribution in [3.8, 4) is 5.82 Å². The highest BCUT2D eigenvalue weighted by molar-refractivity contribution is 6.17. The molecular formula is C22H27ClN6. The summed E-state index contributed by atoms with van der Waals surface area (Å²) >= 11 is 6.13. The van der Waals surface area contributed by atoms with Gasteiger partial charge in [0.25, 0.3) is 0 Å². The Hall–Kier alpha value is -2.86. The minimum Gasteiger partial charge on any atom is -0.348 e. The molecule has 3 aromatic rings. The monoisotopic (exact) mass is 410 g/mol. The Morgan fingerprint density at radius 3 is 2.69 bits per heavy atom. The Kier molecular flexibility index (Phi) is 6.23. The number of nitrogens with one attached hydrogen (secondary N) is 1. The van der Waals surface area contributed by atoms with Crippen molar-refractivity contribution in [2.24, 2.45) is 7.05 Å². The van der Waals surface area contributed by atoms with Crippen LogP contribution in [0.15, 0.2) is 31.1 Å². The number of rotatable bonds is 7. The normalized spacial score (nSPS) is 12.5. The number of halogens is 1. The maximum atomic E-state index is 6.13. The van der Waals surface area contributed by atoms with Gasteiger partial charge in [-0.05, 0) is 44.9 Å². The summed E-state index contributed by atoms with van der Waals surface area (Å²) < 4.78 is 3.91. The third kappa shape index (κ3) is 4.27. The lowest BCUT2D eigenvalue weighted by Gasteiger charge is -2.11. The Bertz CT molecular complexity index is 1040. The van der Waals surface area contributed by atoms with Crippen LogP contribution in [0.4, 0.5) is 5.95 Å². The first-order chi connectivity index (χ1) is 13.8. The van der Waals surface area contributed by atoms with Crippen LogP contribution >= 0.6 is 11.6 Å². The van der Waals surface area contributed by atoms with Crippen LogP contribution in [0.3, 0.4) is 0 Å². The van der Waals surface area contributed by atoms with Gasteiger partial charge in [-0.1, -0.05) is 18.7 Å². The lowest BCUT2D eigenvalue weighted by Crippen LogP contribution is -2.15. The van der Waals surface area contributed by atoms with E-state index in [9.17, 15) is 0 Å². The standard InChI is InChI=1S/C22H27ClN6/c1-7-18-19(12-23)17(5)28(6)20(18)9-8-15(3)25-22-24-11-10-21(26-22)29-13-14(2)16(4)27-29/h7-11,13,15H,1,12H2,2-6H3,(H,24,25,26)/b9-8-. The van der Waals surface area contributed by atoms with Crippen molar-refractivity contribution in [3.63, 3.8) is 0 Å². The maximum Gasteiger partial charge on any atom is 0.225 e. The average molecular weight is 411 g/mol. The van der Waals surface area contributed by atoms with Gasteiger partial charge in [-0.2, -0.15) is 10.1 Å². The Morgan fingerprint density at radius 2 is 2.07 bits per heavy atom. The largest absolute Gasteiger partial charge is 0.348 e. The van der Waals surface area contributed by atoms with Crippen LogP contribution in [0.25, 0.3) is 18.0 Å². The zero-order valence-corrected chi connectivity index (χ0v) is 18.3. The molecule has 3 rings (SSSR count). The fraction of sp³-hybridized carbons (Fsp3) is 0.318. The number of nitrogens with zero attached hydrogens (tertiary/aromatic N) is 5. The van der Waals surface area contributed by atoms with Crippen LogP contribution in [0.2, 0.25) is 0 Å². The number of aromatic nitrogens is 5. The summed E-state index contributed by atoms with van der Waals surface area (Å²) in [6.45, 7) is 12.1. The highest BCUT2D eigenvalue weighted by Gasteiger charge is 2.14. The summed E-state index contributed by atoms with van der Waals surface area (Å²) in [6.07, 6.45) is 9.73. The molecule has 0 aliphatic heterocycles. The van der Waals surface area contributed by atoms with Crippen LogP contribution in [0.5, 0.6) is 0 Å². The number of hydrogen-bond acceptors (Lipinski definition) is 4. The second-order valence-corrected chi connectivity index (χ2v) is 7.40. The second-order valence-electron chi connectivity index (χ2n) is 7.13. The minimum absolute atomic E-state index is 0.0265. The van der Waals surface area contributed by atoms with Gasteiger partial charge in [0.15, 0.2) is 5.82 Å². The Balaban J connectivity index is 1.79. The molecule has 1 N–H and O–H groups in total. The molecule has 3 heterocycles. The molecule has 0 radical (unpaired) electrons. The van der Waals surface area contributed by atoms with Crippen molar-refractivity contribution in [3.05, 3.63) is 64.9 Å².